The van der Waals surface area contributed by atoms with Gasteiger partial charge in [-0.25, -0.2) is 0 Å². The van der Waals surface area contributed by atoms with Crippen LogP contribution in [0.5, 0.6) is 0 Å². The minimum atomic E-state index is -3.50. The summed E-state index contributed by atoms with van der Waals surface area (Å²) in [4.78, 5) is 0. The predicted molar refractivity (Wildman–Crippen MR) is 225 cm³/mol. The van der Waals surface area contributed by atoms with Crippen LogP contribution in [0.3, 0.4) is 0 Å². The van der Waals surface area contributed by atoms with Gasteiger partial charge in [0.1, 0.15) is 0 Å². The molecule has 318 valence electrons. The van der Waals surface area contributed by atoms with E-state index in [1.54, 1.807) is 147 Å². The molecule has 10 rings (SSSR count). The molecule has 0 unspecified atom stereocenters. The molecule has 64 heavy (non-hydrogen) atoms. The number of halogens is 8. The van der Waals surface area contributed by atoms with Crippen LogP contribution in [-0.4, -0.2) is 18.3 Å². The van der Waals surface area contributed by atoms with Gasteiger partial charge in [-0.3, -0.25) is 0 Å². The fourth-order valence-corrected chi connectivity index (χ4v) is 17.3. The Labute approximate surface area is 375 Å². The first-order chi connectivity index (χ1) is 31.1. The van der Waals surface area contributed by atoms with Gasteiger partial charge in [0.2, 0.25) is 0 Å². The molecule has 0 saturated heterocycles. The Morgan fingerprint density at radius 2 is 0.500 bits per heavy atom. The van der Waals surface area contributed by atoms with E-state index in [2.05, 4.69) is 0 Å². The number of allylic oxidation sites excluding steroid dienone is 8. The molecule has 4 heterocycles. The maximum atomic E-state index is 15.8. The van der Waals surface area contributed by atoms with Crippen LogP contribution >= 0.6 is 0 Å². The molecular weight excluding hydrogens is 904 g/mol. The van der Waals surface area contributed by atoms with Crippen LogP contribution in [0.4, 0.5) is 35.1 Å². The van der Waals surface area contributed by atoms with Crippen molar-refractivity contribution in [1.29, 1.82) is 0 Å². The van der Waals surface area contributed by atoms with Crippen LogP contribution in [0.1, 0.15) is 0 Å². The fraction of sp³-hybridized carbons (Fsp3) is 0.0400. The van der Waals surface area contributed by atoms with Crippen molar-refractivity contribution < 1.29 is 70.9 Å². The van der Waals surface area contributed by atoms with E-state index in [0.29, 0.717) is 0 Å². The molecule has 4 aromatic heterocycles. The summed E-state index contributed by atoms with van der Waals surface area (Å²) in [6.07, 6.45) is 27.2. The molecule has 0 fully saturated rings. The van der Waals surface area contributed by atoms with Crippen molar-refractivity contribution in [3.63, 3.8) is 0 Å². The summed E-state index contributed by atoms with van der Waals surface area (Å²) in [6.45, 7) is 0. The standard InChI is InChI=1S/4C10H6F2N.2C5H5.2Ti/c4*11-8-3-4-10(9(12)7-8)13-5-1-2-6-13;2*1-2-4-5-3-1;;/h4*1-6H;2*1-5H;;. The Bertz CT molecular complexity index is 2650. The van der Waals surface area contributed by atoms with Gasteiger partial charge in [0, 0.05) is 0 Å². The normalized spacial score (nSPS) is 13.2. The molecule has 0 aliphatic heterocycles. The molecule has 0 amide bonds. The van der Waals surface area contributed by atoms with Gasteiger partial charge in [0.25, 0.3) is 0 Å². The molecule has 4 aromatic carbocycles. The van der Waals surface area contributed by atoms with Gasteiger partial charge in [-0.05, 0) is 0 Å². The van der Waals surface area contributed by atoms with Gasteiger partial charge in [0.05, 0.1) is 0 Å². The molecule has 2 aliphatic rings. The van der Waals surface area contributed by atoms with Crippen LogP contribution in [0, 0.1) is 46.5 Å². The van der Waals surface area contributed by atoms with E-state index in [1.807, 2.05) is 0 Å². The van der Waals surface area contributed by atoms with Crippen molar-refractivity contribution in [2.45, 2.75) is 8.45 Å². The van der Waals surface area contributed by atoms with Crippen LogP contribution in [0.2, 0.25) is 8.45 Å². The van der Waals surface area contributed by atoms with Crippen LogP contribution in [0.15, 0.2) is 195 Å². The van der Waals surface area contributed by atoms with Crippen LogP contribution < -0.4 is 15.5 Å². The summed E-state index contributed by atoms with van der Waals surface area (Å²) in [6, 6.07) is 23.9. The molecule has 0 radical (unpaired) electrons. The molecule has 2 aliphatic carbocycles. The second kappa shape index (κ2) is 18.5. The van der Waals surface area contributed by atoms with Gasteiger partial charge >= 0.3 is 378 Å². The molecular formula is C50H34F8N4Ti2. The molecule has 0 atom stereocenters. The Kier molecular flexibility index (Phi) is 12.5. The zero-order chi connectivity index (χ0) is 44.5. The Morgan fingerprint density at radius 1 is 0.297 bits per heavy atom. The van der Waals surface area contributed by atoms with E-state index in [9.17, 15) is 0 Å². The quantitative estimate of drug-likeness (QED) is 0.0962. The second-order valence-electron chi connectivity index (χ2n) is 14.8. The summed E-state index contributed by atoms with van der Waals surface area (Å²) in [5, 5.41) is 0. The number of nitrogens with zero attached hydrogens (tertiary/aromatic N) is 4. The molecule has 4 nitrogen and oxygen atoms in total. The van der Waals surface area contributed by atoms with E-state index in [1.165, 1.54) is 66.8 Å². The van der Waals surface area contributed by atoms with Gasteiger partial charge < -0.3 is 0 Å². The Balaban J connectivity index is 0.000000162. The first-order valence-electron chi connectivity index (χ1n) is 20.0. The van der Waals surface area contributed by atoms with Crippen LogP contribution in [-0.2, 0) is 35.7 Å². The number of benzene rings is 4. The molecule has 0 bridgehead atoms. The Morgan fingerprint density at radius 3 is 0.703 bits per heavy atom. The number of aromatic nitrogens is 4. The van der Waals surface area contributed by atoms with E-state index in [-0.39, 0.29) is 38.2 Å². The fourth-order valence-electron chi connectivity index (χ4n) is 8.10. The minimum absolute atomic E-state index is 0.143. The van der Waals surface area contributed by atoms with E-state index >= 15 is 35.1 Å². The molecule has 0 N–H and O–H groups in total. The number of rotatable bonds is 10. The summed E-state index contributed by atoms with van der Waals surface area (Å²) in [7, 11) is 0. The monoisotopic (exact) mass is 938 g/mol. The average Bonchev–Trinajstić information content (AvgIpc) is 4.14. The van der Waals surface area contributed by atoms with Gasteiger partial charge in [-0.15, -0.1) is 0 Å². The van der Waals surface area contributed by atoms with Crippen LogP contribution in [0.25, 0.3) is 22.7 Å². The van der Waals surface area contributed by atoms with Crippen molar-refractivity contribution in [2.24, 2.45) is 0 Å². The first kappa shape index (κ1) is 43.1. The number of hydrogen-bond donors (Lipinski definition) is 0. The summed E-state index contributed by atoms with van der Waals surface area (Å²) in [5.41, 5.74) is 0.573. The third-order valence-electron chi connectivity index (χ3n) is 11.1. The zero-order valence-corrected chi connectivity index (χ0v) is 36.6. The summed E-state index contributed by atoms with van der Waals surface area (Å²) >= 11 is -7.01. The van der Waals surface area contributed by atoms with Gasteiger partial charge in [-0.1, -0.05) is 0 Å². The molecule has 0 spiro atoms. The zero-order valence-electron chi connectivity index (χ0n) is 33.4. The topological polar surface area (TPSA) is 19.7 Å². The molecule has 8 aromatic rings. The summed E-state index contributed by atoms with van der Waals surface area (Å²) in [5.74, 6) is -6.27. The van der Waals surface area contributed by atoms with E-state index in [0.717, 1.165) is 0 Å². The number of hydrogen-bond acceptors (Lipinski definition) is 0. The van der Waals surface area contributed by atoms with Crippen molar-refractivity contribution >= 4 is 15.5 Å². The maximum absolute atomic E-state index is 15.8. The molecule has 14 heteroatoms. The SMILES string of the molecule is Fc1ccc(-n2cccc2)c(F)[c]1[Ti]([c]1c(F)ccc(-n2cccc2)c1F)[CH]1C=CC=C1.Fc1ccc(-n2cccc2)c(F)[c]1[Ti]([c]1c(F)ccc(-n2cccc2)c1F)[CH]1C=CC=C1. The predicted octanol–water partition coefficient (Wildman–Crippen LogP) is 10.6. The van der Waals surface area contributed by atoms with E-state index < -0.39 is 90.7 Å². The third-order valence-corrected chi connectivity index (χ3v) is 20.6. The summed E-state index contributed by atoms with van der Waals surface area (Å²) < 4.78 is 128. The second-order valence-corrected chi connectivity index (χ2v) is 22.6. The van der Waals surface area contributed by atoms with Crippen molar-refractivity contribution in [3.8, 4) is 22.7 Å². The van der Waals surface area contributed by atoms with Gasteiger partial charge in [0.15, 0.2) is 0 Å². The van der Waals surface area contributed by atoms with E-state index in [4.69, 9.17) is 0 Å². The van der Waals surface area contributed by atoms with Gasteiger partial charge in [-0.2, -0.15) is 0 Å². The van der Waals surface area contributed by atoms with Crippen molar-refractivity contribution in [1.82, 2.24) is 18.3 Å². The van der Waals surface area contributed by atoms with Crippen molar-refractivity contribution in [2.75, 3.05) is 0 Å². The average molecular weight is 939 g/mol. The third kappa shape index (κ3) is 8.11. The Hall–Kier alpha value is -6.17. The molecule has 0 saturated carbocycles. The van der Waals surface area contributed by atoms with Crippen molar-refractivity contribution in [3.05, 3.63) is 242 Å². The first-order valence-corrected chi connectivity index (χ1v) is 25.0.